The number of aromatic nitrogens is 1. The molecule has 104 valence electrons. The molecule has 0 saturated carbocycles. The molecule has 1 aromatic heterocycles. The van der Waals surface area contributed by atoms with Gasteiger partial charge in [-0.1, -0.05) is 12.1 Å². The third kappa shape index (κ3) is 2.78. The van der Waals surface area contributed by atoms with Crippen molar-refractivity contribution in [3.05, 3.63) is 70.6 Å². The van der Waals surface area contributed by atoms with Gasteiger partial charge in [0.05, 0.1) is 9.99 Å². The van der Waals surface area contributed by atoms with Gasteiger partial charge in [0.1, 0.15) is 5.82 Å². The van der Waals surface area contributed by atoms with Crippen molar-refractivity contribution < 1.29 is 9.18 Å². The minimum absolute atomic E-state index is 0.257. The highest BCUT2D eigenvalue weighted by atomic mass is 79.9. The lowest BCUT2D eigenvalue weighted by Crippen LogP contribution is -2.12. The molecule has 0 atom stereocenters. The monoisotopic (exact) mass is 344 g/mol. The Labute approximate surface area is 128 Å². The van der Waals surface area contributed by atoms with Crippen molar-refractivity contribution in [3.63, 3.8) is 0 Å². The maximum atomic E-state index is 13.2. The summed E-state index contributed by atoms with van der Waals surface area (Å²) in [6.45, 7) is 0. The second kappa shape index (κ2) is 5.61. The molecule has 3 rings (SSSR count). The van der Waals surface area contributed by atoms with Gasteiger partial charge in [0.2, 0.25) is 0 Å². The molecular formula is C16H10BrFN2O. The van der Waals surface area contributed by atoms with Crippen LogP contribution in [0.2, 0.25) is 0 Å². The minimum atomic E-state index is -0.373. The van der Waals surface area contributed by atoms with Gasteiger partial charge in [-0.25, -0.2) is 4.39 Å². The van der Waals surface area contributed by atoms with Gasteiger partial charge in [0, 0.05) is 22.8 Å². The van der Waals surface area contributed by atoms with Crippen molar-refractivity contribution in [3.8, 4) is 0 Å². The van der Waals surface area contributed by atoms with Gasteiger partial charge in [-0.3, -0.25) is 9.78 Å². The van der Waals surface area contributed by atoms with Crippen LogP contribution < -0.4 is 5.32 Å². The first kappa shape index (κ1) is 13.7. The molecule has 1 heterocycles. The highest BCUT2D eigenvalue weighted by Crippen LogP contribution is 2.22. The van der Waals surface area contributed by atoms with Crippen molar-refractivity contribution in [2.24, 2.45) is 0 Å². The van der Waals surface area contributed by atoms with Crippen molar-refractivity contribution in [1.82, 2.24) is 4.98 Å². The van der Waals surface area contributed by atoms with E-state index in [1.54, 1.807) is 24.4 Å². The molecule has 5 heteroatoms. The lowest BCUT2D eigenvalue weighted by Gasteiger charge is -2.08. The Kier molecular flexibility index (Phi) is 3.66. The molecule has 0 unspecified atom stereocenters. The van der Waals surface area contributed by atoms with E-state index in [0.717, 1.165) is 10.9 Å². The molecular weight excluding hydrogens is 335 g/mol. The highest BCUT2D eigenvalue weighted by molar-refractivity contribution is 9.10. The smallest absolute Gasteiger partial charge is 0.256 e. The Hall–Kier alpha value is -2.27. The average molecular weight is 345 g/mol. The van der Waals surface area contributed by atoms with Gasteiger partial charge in [-0.05, 0) is 52.3 Å². The Morgan fingerprint density at radius 1 is 1.14 bits per heavy atom. The van der Waals surface area contributed by atoms with Gasteiger partial charge in [0.15, 0.2) is 0 Å². The maximum Gasteiger partial charge on any atom is 0.256 e. The number of hydrogen-bond acceptors (Lipinski definition) is 2. The van der Waals surface area contributed by atoms with Crippen LogP contribution >= 0.6 is 15.9 Å². The summed E-state index contributed by atoms with van der Waals surface area (Å²) >= 11 is 3.10. The molecule has 1 amide bonds. The van der Waals surface area contributed by atoms with Crippen molar-refractivity contribution in [2.75, 3.05) is 5.32 Å². The van der Waals surface area contributed by atoms with E-state index in [-0.39, 0.29) is 11.7 Å². The average Bonchev–Trinajstić information content (AvgIpc) is 2.50. The van der Waals surface area contributed by atoms with Crippen LogP contribution in [-0.4, -0.2) is 10.9 Å². The molecule has 21 heavy (non-hydrogen) atoms. The summed E-state index contributed by atoms with van der Waals surface area (Å²) in [5, 5.41) is 3.53. The number of carbonyl (C=O) groups is 1. The first-order valence-corrected chi connectivity index (χ1v) is 7.04. The molecule has 0 aliphatic heterocycles. The summed E-state index contributed by atoms with van der Waals surface area (Å²) in [5.74, 6) is -0.630. The first-order valence-electron chi connectivity index (χ1n) is 6.25. The van der Waals surface area contributed by atoms with Crippen LogP contribution in [0.25, 0.3) is 10.9 Å². The number of pyridine rings is 1. The van der Waals surface area contributed by atoms with E-state index in [9.17, 15) is 9.18 Å². The van der Waals surface area contributed by atoms with E-state index >= 15 is 0 Å². The maximum absolute atomic E-state index is 13.2. The third-order valence-corrected chi connectivity index (χ3v) is 3.68. The number of nitrogens with one attached hydrogen (secondary N) is 1. The summed E-state index contributed by atoms with van der Waals surface area (Å²) in [7, 11) is 0. The van der Waals surface area contributed by atoms with Crippen LogP contribution in [0.3, 0.4) is 0 Å². The van der Waals surface area contributed by atoms with Gasteiger partial charge in [-0.2, -0.15) is 0 Å². The first-order chi connectivity index (χ1) is 10.1. The number of fused-ring (bicyclic) bond motifs is 1. The topological polar surface area (TPSA) is 42.0 Å². The fourth-order valence-corrected chi connectivity index (χ4v) is 2.45. The predicted octanol–water partition coefficient (Wildman–Crippen LogP) is 4.39. The second-order valence-electron chi connectivity index (χ2n) is 4.46. The molecule has 0 fully saturated rings. The van der Waals surface area contributed by atoms with Gasteiger partial charge >= 0.3 is 0 Å². The Balaban J connectivity index is 1.95. The highest BCUT2D eigenvalue weighted by Gasteiger charge is 2.11. The Morgan fingerprint density at radius 3 is 2.81 bits per heavy atom. The standard InChI is InChI=1S/C16H10BrFN2O/c17-13-9-10(6-7-14(13)18)20-16(21)12-3-1-5-15-11(12)4-2-8-19-15/h1-9H,(H,20,21). The Bertz CT molecular complexity index is 830. The number of nitrogens with zero attached hydrogens (tertiary/aromatic N) is 1. The number of carbonyl (C=O) groups excluding carboxylic acids is 1. The number of anilines is 1. The molecule has 0 saturated heterocycles. The summed E-state index contributed by atoms with van der Waals surface area (Å²) in [6, 6.07) is 13.3. The largest absolute Gasteiger partial charge is 0.322 e. The van der Waals surface area contributed by atoms with Gasteiger partial charge in [-0.15, -0.1) is 0 Å². The van der Waals surface area contributed by atoms with Gasteiger partial charge < -0.3 is 5.32 Å². The molecule has 0 radical (unpaired) electrons. The summed E-state index contributed by atoms with van der Waals surface area (Å²) in [6.07, 6.45) is 1.68. The molecule has 1 N–H and O–H groups in total. The van der Waals surface area contributed by atoms with Crippen molar-refractivity contribution in [1.29, 1.82) is 0 Å². The molecule has 0 aliphatic carbocycles. The fourth-order valence-electron chi connectivity index (χ4n) is 2.07. The van der Waals surface area contributed by atoms with Crippen LogP contribution in [0.15, 0.2) is 59.2 Å². The van der Waals surface area contributed by atoms with Crippen LogP contribution in [-0.2, 0) is 0 Å². The number of halogens is 2. The zero-order valence-corrected chi connectivity index (χ0v) is 12.4. The van der Waals surface area contributed by atoms with Crippen molar-refractivity contribution >= 4 is 38.4 Å². The normalized spacial score (nSPS) is 10.6. The molecule has 2 aromatic carbocycles. The van der Waals surface area contributed by atoms with E-state index in [1.807, 2.05) is 12.1 Å². The molecule has 3 aromatic rings. The zero-order chi connectivity index (χ0) is 14.8. The van der Waals surface area contributed by atoms with Crippen LogP contribution in [0.5, 0.6) is 0 Å². The predicted molar refractivity (Wildman–Crippen MR) is 83.8 cm³/mol. The third-order valence-electron chi connectivity index (χ3n) is 3.07. The number of amides is 1. The molecule has 3 nitrogen and oxygen atoms in total. The second-order valence-corrected chi connectivity index (χ2v) is 5.31. The van der Waals surface area contributed by atoms with Crippen LogP contribution in [0.1, 0.15) is 10.4 Å². The quantitative estimate of drug-likeness (QED) is 0.749. The van der Waals surface area contributed by atoms with E-state index in [2.05, 4.69) is 26.2 Å². The summed E-state index contributed by atoms with van der Waals surface area (Å²) in [4.78, 5) is 16.6. The Morgan fingerprint density at radius 2 is 2.00 bits per heavy atom. The lowest BCUT2D eigenvalue weighted by atomic mass is 10.1. The van der Waals surface area contributed by atoms with Gasteiger partial charge in [0.25, 0.3) is 5.91 Å². The van der Waals surface area contributed by atoms with Crippen LogP contribution in [0.4, 0.5) is 10.1 Å². The van der Waals surface area contributed by atoms with Crippen LogP contribution in [0, 0.1) is 5.82 Å². The molecule has 0 bridgehead atoms. The van der Waals surface area contributed by atoms with E-state index in [0.29, 0.717) is 15.7 Å². The fraction of sp³-hybridized carbons (Fsp3) is 0. The van der Waals surface area contributed by atoms with E-state index < -0.39 is 0 Å². The zero-order valence-electron chi connectivity index (χ0n) is 10.8. The number of benzene rings is 2. The van der Waals surface area contributed by atoms with E-state index in [1.165, 1.54) is 18.2 Å². The summed E-state index contributed by atoms with van der Waals surface area (Å²) < 4.78 is 13.5. The molecule has 0 spiro atoms. The number of rotatable bonds is 2. The SMILES string of the molecule is O=C(Nc1ccc(F)c(Br)c1)c1cccc2ncccc12. The molecule has 0 aliphatic rings. The van der Waals surface area contributed by atoms with Crippen molar-refractivity contribution in [2.45, 2.75) is 0 Å². The van der Waals surface area contributed by atoms with E-state index in [4.69, 9.17) is 0 Å². The minimum Gasteiger partial charge on any atom is -0.322 e. The number of hydrogen-bond donors (Lipinski definition) is 1. The summed E-state index contributed by atoms with van der Waals surface area (Å²) in [5.41, 5.74) is 1.81. The lowest BCUT2D eigenvalue weighted by molar-refractivity contribution is 0.102.